The highest BCUT2D eigenvalue weighted by Gasteiger charge is 2.06. The number of amides is 1. The second-order valence-electron chi connectivity index (χ2n) is 3.98. The van der Waals surface area contributed by atoms with Crippen molar-refractivity contribution in [3.05, 3.63) is 29.6 Å². The Kier molecular flexibility index (Phi) is 5.26. The van der Waals surface area contributed by atoms with E-state index in [2.05, 4.69) is 10.3 Å². The van der Waals surface area contributed by atoms with E-state index in [0.717, 1.165) is 0 Å². The molecular formula is C12H16N2O4. The quantitative estimate of drug-likeness (QED) is 0.782. The maximum Gasteiger partial charge on any atom is 0.335 e. The van der Waals surface area contributed by atoms with Crippen molar-refractivity contribution in [1.82, 2.24) is 10.3 Å². The van der Waals surface area contributed by atoms with Crippen LogP contribution in [0, 0.1) is 0 Å². The molecule has 1 amide bonds. The Morgan fingerprint density at radius 3 is 2.83 bits per heavy atom. The largest absolute Gasteiger partial charge is 0.478 e. The number of carboxylic acid groups (broad SMARTS) is 1. The van der Waals surface area contributed by atoms with Crippen LogP contribution in [-0.4, -0.2) is 34.7 Å². The van der Waals surface area contributed by atoms with Crippen LogP contribution in [0.2, 0.25) is 0 Å². The summed E-state index contributed by atoms with van der Waals surface area (Å²) >= 11 is 0. The zero-order chi connectivity index (χ0) is 13.5. The van der Waals surface area contributed by atoms with Gasteiger partial charge in [0.2, 0.25) is 5.91 Å². The standard InChI is InChI=1S/C12H16N2O4/c1-8(2)18-7-11(15)14-6-10-5-9(12(16)17)3-4-13-10/h3-5,8H,6-7H2,1-2H3,(H,14,15)(H,16,17). The minimum atomic E-state index is -1.02. The number of carbonyl (C=O) groups excluding carboxylic acids is 1. The summed E-state index contributed by atoms with van der Waals surface area (Å²) in [6, 6.07) is 2.82. The molecule has 0 aliphatic rings. The molecule has 98 valence electrons. The third kappa shape index (κ3) is 4.92. The molecule has 18 heavy (non-hydrogen) atoms. The van der Waals surface area contributed by atoms with Crippen molar-refractivity contribution < 1.29 is 19.4 Å². The molecule has 1 heterocycles. The van der Waals surface area contributed by atoms with Gasteiger partial charge in [0.25, 0.3) is 0 Å². The topological polar surface area (TPSA) is 88.5 Å². The van der Waals surface area contributed by atoms with Crippen LogP contribution >= 0.6 is 0 Å². The van der Waals surface area contributed by atoms with E-state index in [0.29, 0.717) is 5.69 Å². The molecule has 1 aromatic rings. The van der Waals surface area contributed by atoms with Crippen LogP contribution in [0.3, 0.4) is 0 Å². The Morgan fingerprint density at radius 2 is 2.22 bits per heavy atom. The van der Waals surface area contributed by atoms with E-state index in [1.54, 1.807) is 0 Å². The van der Waals surface area contributed by atoms with E-state index in [1.165, 1.54) is 18.3 Å². The number of aromatic nitrogens is 1. The predicted molar refractivity (Wildman–Crippen MR) is 64.1 cm³/mol. The molecule has 0 unspecified atom stereocenters. The van der Waals surface area contributed by atoms with Crippen LogP contribution in [0.1, 0.15) is 29.9 Å². The number of nitrogens with zero attached hydrogens (tertiary/aromatic N) is 1. The second kappa shape index (κ2) is 6.70. The molecule has 0 aliphatic carbocycles. The van der Waals surface area contributed by atoms with Gasteiger partial charge >= 0.3 is 5.97 Å². The number of nitrogens with one attached hydrogen (secondary N) is 1. The van der Waals surface area contributed by atoms with Crippen LogP contribution < -0.4 is 5.32 Å². The van der Waals surface area contributed by atoms with Gasteiger partial charge in [0.15, 0.2) is 0 Å². The van der Waals surface area contributed by atoms with Crippen LogP contribution in [0.4, 0.5) is 0 Å². The smallest absolute Gasteiger partial charge is 0.335 e. The van der Waals surface area contributed by atoms with Crippen molar-refractivity contribution in [3.63, 3.8) is 0 Å². The summed E-state index contributed by atoms with van der Waals surface area (Å²) in [4.78, 5) is 26.1. The Labute approximate surface area is 105 Å². The molecule has 0 atom stereocenters. The molecule has 0 spiro atoms. The molecule has 0 radical (unpaired) electrons. The van der Waals surface area contributed by atoms with Gasteiger partial charge in [-0.1, -0.05) is 0 Å². The molecule has 6 heteroatoms. The number of carboxylic acids is 1. The number of ether oxygens (including phenoxy) is 1. The predicted octanol–water partition coefficient (Wildman–Crippen LogP) is 0.821. The molecule has 0 aromatic carbocycles. The Bertz CT molecular complexity index is 432. The van der Waals surface area contributed by atoms with E-state index >= 15 is 0 Å². The van der Waals surface area contributed by atoms with E-state index in [9.17, 15) is 9.59 Å². The summed E-state index contributed by atoms with van der Waals surface area (Å²) in [7, 11) is 0. The fourth-order valence-corrected chi connectivity index (χ4v) is 1.19. The second-order valence-corrected chi connectivity index (χ2v) is 3.98. The van der Waals surface area contributed by atoms with E-state index < -0.39 is 5.97 Å². The Morgan fingerprint density at radius 1 is 1.50 bits per heavy atom. The SMILES string of the molecule is CC(C)OCC(=O)NCc1cc(C(=O)O)ccn1. The normalized spacial score (nSPS) is 10.4. The molecule has 0 fully saturated rings. The van der Waals surface area contributed by atoms with E-state index in [4.69, 9.17) is 9.84 Å². The van der Waals surface area contributed by atoms with Crippen molar-refractivity contribution in [2.24, 2.45) is 0 Å². The average Bonchev–Trinajstić information content (AvgIpc) is 2.34. The lowest BCUT2D eigenvalue weighted by Crippen LogP contribution is -2.28. The minimum absolute atomic E-state index is 0.00999. The third-order valence-electron chi connectivity index (χ3n) is 2.08. The Balaban J connectivity index is 2.46. The summed E-state index contributed by atoms with van der Waals surface area (Å²) in [6.45, 7) is 3.84. The maximum absolute atomic E-state index is 11.4. The number of hydrogen-bond acceptors (Lipinski definition) is 4. The van der Waals surface area contributed by atoms with Gasteiger partial charge in [-0.3, -0.25) is 9.78 Å². The van der Waals surface area contributed by atoms with Gasteiger partial charge in [0.05, 0.1) is 23.9 Å². The lowest BCUT2D eigenvalue weighted by molar-refractivity contribution is -0.127. The number of pyridine rings is 1. The third-order valence-corrected chi connectivity index (χ3v) is 2.08. The van der Waals surface area contributed by atoms with Gasteiger partial charge in [-0.2, -0.15) is 0 Å². The number of aromatic carboxylic acids is 1. The molecule has 1 aromatic heterocycles. The molecule has 0 saturated heterocycles. The summed E-state index contributed by atoms with van der Waals surface area (Å²) in [5.41, 5.74) is 0.639. The molecule has 6 nitrogen and oxygen atoms in total. The van der Waals surface area contributed by atoms with Crippen LogP contribution in [0.15, 0.2) is 18.3 Å². The van der Waals surface area contributed by atoms with Gasteiger partial charge in [-0.25, -0.2) is 4.79 Å². The van der Waals surface area contributed by atoms with Crippen LogP contribution in [0.5, 0.6) is 0 Å². The summed E-state index contributed by atoms with van der Waals surface area (Å²) in [5.74, 6) is -1.28. The molecule has 0 saturated carbocycles. The summed E-state index contributed by atoms with van der Waals surface area (Å²) in [5, 5.41) is 11.4. The monoisotopic (exact) mass is 252 g/mol. The molecule has 0 bridgehead atoms. The first-order valence-electron chi connectivity index (χ1n) is 5.55. The summed E-state index contributed by atoms with van der Waals surface area (Å²) < 4.78 is 5.13. The first-order valence-corrected chi connectivity index (χ1v) is 5.55. The highest BCUT2D eigenvalue weighted by atomic mass is 16.5. The minimum Gasteiger partial charge on any atom is -0.478 e. The maximum atomic E-state index is 11.4. The van der Waals surface area contributed by atoms with Gasteiger partial charge in [-0.15, -0.1) is 0 Å². The summed E-state index contributed by atoms with van der Waals surface area (Å²) in [6.07, 6.45) is 1.39. The highest BCUT2D eigenvalue weighted by molar-refractivity contribution is 5.87. The average molecular weight is 252 g/mol. The lowest BCUT2D eigenvalue weighted by atomic mass is 10.2. The van der Waals surface area contributed by atoms with Crippen molar-refractivity contribution >= 4 is 11.9 Å². The number of carbonyl (C=O) groups is 2. The van der Waals surface area contributed by atoms with Crippen LogP contribution in [0.25, 0.3) is 0 Å². The first kappa shape index (κ1) is 14.1. The van der Waals surface area contributed by atoms with Crippen molar-refractivity contribution in [2.75, 3.05) is 6.61 Å². The van der Waals surface area contributed by atoms with Crippen molar-refractivity contribution in [2.45, 2.75) is 26.5 Å². The zero-order valence-corrected chi connectivity index (χ0v) is 10.3. The number of hydrogen-bond donors (Lipinski definition) is 2. The fourth-order valence-electron chi connectivity index (χ4n) is 1.19. The van der Waals surface area contributed by atoms with Gasteiger partial charge in [-0.05, 0) is 26.0 Å². The van der Waals surface area contributed by atoms with E-state index in [1.807, 2.05) is 13.8 Å². The number of rotatable bonds is 6. The van der Waals surface area contributed by atoms with Gasteiger partial charge in [0.1, 0.15) is 6.61 Å². The van der Waals surface area contributed by atoms with Crippen molar-refractivity contribution in [1.29, 1.82) is 0 Å². The van der Waals surface area contributed by atoms with Crippen LogP contribution in [-0.2, 0) is 16.1 Å². The first-order chi connectivity index (χ1) is 8.49. The molecule has 2 N–H and O–H groups in total. The fraction of sp³-hybridized carbons (Fsp3) is 0.417. The zero-order valence-electron chi connectivity index (χ0n) is 10.3. The van der Waals surface area contributed by atoms with E-state index in [-0.39, 0.29) is 30.7 Å². The Hall–Kier alpha value is -1.95. The highest BCUT2D eigenvalue weighted by Crippen LogP contribution is 2.01. The van der Waals surface area contributed by atoms with Gasteiger partial charge < -0.3 is 15.2 Å². The molecule has 0 aliphatic heterocycles. The van der Waals surface area contributed by atoms with Gasteiger partial charge in [0, 0.05) is 6.20 Å². The van der Waals surface area contributed by atoms with Crippen molar-refractivity contribution in [3.8, 4) is 0 Å². The molecule has 1 rings (SSSR count). The lowest BCUT2D eigenvalue weighted by Gasteiger charge is -2.08. The molecular weight excluding hydrogens is 236 g/mol.